The van der Waals surface area contributed by atoms with Crippen LogP contribution in [0.2, 0.25) is 10.0 Å². The topological polar surface area (TPSA) is 64.0 Å². The summed E-state index contributed by atoms with van der Waals surface area (Å²) < 4.78 is 27.5. The Morgan fingerprint density at radius 3 is 2.70 bits per heavy atom. The number of amides is 1. The van der Waals surface area contributed by atoms with Gasteiger partial charge in [-0.3, -0.25) is 9.00 Å². The molecule has 0 saturated carbocycles. The van der Waals surface area contributed by atoms with Gasteiger partial charge in [-0.15, -0.1) is 0 Å². The summed E-state index contributed by atoms with van der Waals surface area (Å²) in [6, 6.07) is 11.0. The summed E-state index contributed by atoms with van der Waals surface area (Å²) in [5.41, 5.74) is 1.65. The second kappa shape index (κ2) is 7.07. The van der Waals surface area contributed by atoms with Crippen molar-refractivity contribution in [2.24, 2.45) is 0 Å². The lowest BCUT2D eigenvalue weighted by Gasteiger charge is -2.12. The van der Waals surface area contributed by atoms with E-state index in [0.29, 0.717) is 33.5 Å². The molecule has 9 heteroatoms. The summed E-state index contributed by atoms with van der Waals surface area (Å²) in [7, 11) is -1.09. The minimum absolute atomic E-state index is 0.00143. The highest BCUT2D eigenvalue weighted by molar-refractivity contribution is 7.83. The lowest BCUT2D eigenvalue weighted by Crippen LogP contribution is -2.18. The fourth-order valence-corrected chi connectivity index (χ4v) is 4.63. The third-order valence-corrected chi connectivity index (χ3v) is 5.90. The molecule has 0 radical (unpaired) electrons. The third kappa shape index (κ3) is 3.38. The van der Waals surface area contributed by atoms with E-state index in [4.69, 9.17) is 23.2 Å². The van der Waals surface area contributed by atoms with E-state index >= 15 is 0 Å². The Labute approximate surface area is 166 Å². The van der Waals surface area contributed by atoms with Gasteiger partial charge in [0.05, 0.1) is 33.5 Å². The predicted octanol–water partition coefficient (Wildman–Crippen LogP) is 4.33. The number of hydrogen-bond donors (Lipinski definition) is 1. The van der Waals surface area contributed by atoms with Gasteiger partial charge in [0.25, 0.3) is 5.91 Å². The van der Waals surface area contributed by atoms with Crippen molar-refractivity contribution < 1.29 is 13.4 Å². The predicted molar refractivity (Wildman–Crippen MR) is 103 cm³/mol. The highest BCUT2D eigenvalue weighted by atomic mass is 35.5. The minimum atomic E-state index is -1.09. The van der Waals surface area contributed by atoms with E-state index in [9.17, 15) is 13.4 Å². The average molecular weight is 424 g/mol. The smallest absolute Gasteiger partial charge is 0.261 e. The first kappa shape index (κ1) is 18.2. The Morgan fingerprint density at radius 1 is 1.19 bits per heavy atom. The normalized spacial score (nSPS) is 15.6. The number of carbonyl (C=O) groups excluding carboxylic acids is 1. The van der Waals surface area contributed by atoms with Crippen LogP contribution in [0.25, 0.3) is 5.69 Å². The lowest BCUT2D eigenvalue weighted by atomic mass is 10.2. The lowest BCUT2D eigenvalue weighted by molar-refractivity contribution is 0.102. The number of halogens is 3. The number of carbonyl (C=O) groups is 1. The first-order valence-electron chi connectivity index (χ1n) is 7.91. The maximum Gasteiger partial charge on any atom is 0.261 e. The van der Waals surface area contributed by atoms with Crippen LogP contribution in [0.15, 0.2) is 42.5 Å². The molecule has 1 N–H and O–H groups in total. The quantitative estimate of drug-likeness (QED) is 0.681. The summed E-state index contributed by atoms with van der Waals surface area (Å²) >= 11 is 12.1. The van der Waals surface area contributed by atoms with Crippen LogP contribution in [0.3, 0.4) is 0 Å². The monoisotopic (exact) mass is 423 g/mol. The van der Waals surface area contributed by atoms with Crippen LogP contribution in [0.5, 0.6) is 0 Å². The van der Waals surface area contributed by atoms with Crippen LogP contribution < -0.4 is 5.32 Å². The summed E-state index contributed by atoms with van der Waals surface area (Å²) in [6.45, 7) is 0. The van der Waals surface area contributed by atoms with Gasteiger partial charge < -0.3 is 5.32 Å². The Balaban J connectivity index is 1.80. The van der Waals surface area contributed by atoms with Crippen molar-refractivity contribution >= 4 is 45.7 Å². The number of benzene rings is 2. The molecular formula is C18H12Cl2FN3O2S. The summed E-state index contributed by atoms with van der Waals surface area (Å²) in [5.74, 6) is -0.541. The van der Waals surface area contributed by atoms with Crippen LogP contribution in [0.1, 0.15) is 21.6 Å². The number of nitrogens with zero attached hydrogens (tertiary/aromatic N) is 2. The van der Waals surface area contributed by atoms with Gasteiger partial charge in [-0.2, -0.15) is 5.10 Å². The van der Waals surface area contributed by atoms with Crippen LogP contribution >= 0.6 is 23.2 Å². The van der Waals surface area contributed by atoms with Crippen LogP contribution in [-0.2, 0) is 22.3 Å². The fraction of sp³-hybridized carbons (Fsp3) is 0.111. The van der Waals surface area contributed by atoms with E-state index in [1.54, 1.807) is 24.3 Å². The molecule has 27 heavy (non-hydrogen) atoms. The molecule has 138 valence electrons. The standard InChI is InChI=1S/C18H12Cl2FN3O2S/c19-10-3-1-4-11(7-10)24-17(12-8-27(26)9-15(12)23-24)22-18(25)16-13(20)5-2-6-14(16)21/h1-7H,8-9H2,(H,22,25)/t27-/m0/s1. The number of nitrogens with one attached hydrogen (secondary N) is 1. The fourth-order valence-electron chi connectivity index (χ4n) is 2.94. The molecule has 1 aliphatic rings. The third-order valence-electron chi connectivity index (χ3n) is 4.14. The second-order valence-electron chi connectivity index (χ2n) is 5.94. The zero-order valence-corrected chi connectivity index (χ0v) is 16.0. The van der Waals surface area contributed by atoms with Crippen molar-refractivity contribution in [3.8, 4) is 5.69 Å². The van der Waals surface area contributed by atoms with E-state index in [2.05, 4.69) is 10.4 Å². The zero-order valence-electron chi connectivity index (χ0n) is 13.7. The maximum atomic E-state index is 14.1. The van der Waals surface area contributed by atoms with E-state index in [1.165, 1.54) is 16.8 Å². The second-order valence-corrected chi connectivity index (χ2v) is 8.25. The molecule has 3 aromatic rings. The van der Waals surface area contributed by atoms with Gasteiger partial charge in [0, 0.05) is 21.4 Å². The van der Waals surface area contributed by atoms with Gasteiger partial charge in [0.1, 0.15) is 11.6 Å². The molecule has 0 spiro atoms. The van der Waals surface area contributed by atoms with Crippen molar-refractivity contribution in [1.29, 1.82) is 0 Å². The van der Waals surface area contributed by atoms with Crippen molar-refractivity contribution in [3.63, 3.8) is 0 Å². The van der Waals surface area contributed by atoms with Crippen molar-refractivity contribution in [1.82, 2.24) is 9.78 Å². The minimum Gasteiger partial charge on any atom is -0.306 e. The number of rotatable bonds is 3. The zero-order chi connectivity index (χ0) is 19.1. The SMILES string of the molecule is O=C(Nc1c2c(nn1-c1cccc(Cl)c1)C[S@@](=O)C2)c1c(F)cccc1Cl. The molecule has 0 aliphatic carbocycles. The molecule has 2 heterocycles. The number of anilines is 1. The van der Waals surface area contributed by atoms with Crippen molar-refractivity contribution in [2.45, 2.75) is 11.5 Å². The van der Waals surface area contributed by atoms with Gasteiger partial charge >= 0.3 is 0 Å². The van der Waals surface area contributed by atoms with Crippen LogP contribution in [0.4, 0.5) is 10.2 Å². The number of hydrogen-bond acceptors (Lipinski definition) is 3. The molecule has 5 nitrogen and oxygen atoms in total. The van der Waals surface area contributed by atoms with Gasteiger partial charge in [-0.05, 0) is 30.3 Å². The van der Waals surface area contributed by atoms with Crippen LogP contribution in [0, 0.1) is 5.82 Å². The summed E-state index contributed by atoms with van der Waals surface area (Å²) in [6.07, 6.45) is 0. The average Bonchev–Trinajstić information content (AvgIpc) is 3.12. The number of fused-ring (bicyclic) bond motifs is 1. The van der Waals surface area contributed by atoms with Gasteiger partial charge in [0.2, 0.25) is 0 Å². The first-order valence-corrected chi connectivity index (χ1v) is 10.2. The molecule has 2 aromatic carbocycles. The van der Waals surface area contributed by atoms with Gasteiger partial charge in [-0.1, -0.05) is 35.3 Å². The molecule has 1 atom stereocenters. The molecule has 1 aromatic heterocycles. The highest BCUT2D eigenvalue weighted by Gasteiger charge is 2.29. The Kier molecular flexibility index (Phi) is 4.75. The molecule has 0 saturated heterocycles. The molecule has 4 rings (SSSR count). The van der Waals surface area contributed by atoms with Crippen molar-refractivity contribution in [2.75, 3.05) is 5.32 Å². The number of aromatic nitrogens is 2. The molecular weight excluding hydrogens is 412 g/mol. The van der Waals surface area contributed by atoms with E-state index in [-0.39, 0.29) is 16.3 Å². The molecule has 0 fully saturated rings. The first-order chi connectivity index (χ1) is 12.9. The molecule has 0 bridgehead atoms. The van der Waals surface area contributed by atoms with Crippen molar-refractivity contribution in [3.05, 3.63) is 75.1 Å². The van der Waals surface area contributed by atoms with E-state index in [0.717, 1.165) is 6.07 Å². The largest absolute Gasteiger partial charge is 0.306 e. The van der Waals surface area contributed by atoms with E-state index in [1.807, 2.05) is 0 Å². The molecule has 0 unspecified atom stereocenters. The van der Waals surface area contributed by atoms with Gasteiger partial charge in [0.15, 0.2) is 0 Å². The molecule has 1 aliphatic heterocycles. The Hall–Kier alpha value is -2.22. The van der Waals surface area contributed by atoms with Crippen LogP contribution in [-0.4, -0.2) is 19.9 Å². The maximum absolute atomic E-state index is 14.1. The summed E-state index contributed by atoms with van der Waals surface area (Å²) in [5, 5.41) is 7.66. The summed E-state index contributed by atoms with van der Waals surface area (Å²) in [4.78, 5) is 12.7. The Morgan fingerprint density at radius 2 is 1.96 bits per heavy atom. The molecule has 1 amide bonds. The highest BCUT2D eigenvalue weighted by Crippen LogP contribution is 2.32. The van der Waals surface area contributed by atoms with E-state index < -0.39 is 22.5 Å². The Bertz CT molecular complexity index is 1080. The van der Waals surface area contributed by atoms with Gasteiger partial charge in [-0.25, -0.2) is 9.07 Å².